The van der Waals surface area contributed by atoms with Crippen LogP contribution in [0.2, 0.25) is 0 Å². The molecule has 7 heteroatoms. The molecule has 0 aliphatic heterocycles. The van der Waals surface area contributed by atoms with E-state index >= 15 is 0 Å². The van der Waals surface area contributed by atoms with Gasteiger partial charge >= 0.3 is 6.03 Å². The number of benzene rings is 1. The maximum atomic E-state index is 11.8. The first-order valence-electron chi connectivity index (χ1n) is 5.51. The van der Waals surface area contributed by atoms with Gasteiger partial charge in [-0.25, -0.2) is 4.79 Å². The first-order valence-corrected chi connectivity index (χ1v) is 6.29. The number of nitrogens with one attached hydrogen (secondary N) is 2. The van der Waals surface area contributed by atoms with Gasteiger partial charge in [0.05, 0.1) is 16.6 Å². The Morgan fingerprint density at radius 3 is 2.89 bits per heavy atom. The molecule has 0 fully saturated rings. The van der Waals surface area contributed by atoms with E-state index in [4.69, 9.17) is 0 Å². The van der Waals surface area contributed by atoms with E-state index in [1.807, 2.05) is 12.1 Å². The third-order valence-corrected chi connectivity index (χ3v) is 3.13. The molecular weight excluding hydrogens is 262 g/mol. The molecule has 0 aliphatic rings. The van der Waals surface area contributed by atoms with E-state index in [-0.39, 0.29) is 6.03 Å². The summed E-state index contributed by atoms with van der Waals surface area (Å²) in [6.07, 6.45) is 3.22. The fourth-order valence-corrected chi connectivity index (χ4v) is 2.13. The Hall–Kier alpha value is -2.54. The Morgan fingerprint density at radius 2 is 2.05 bits per heavy atom. The largest absolute Gasteiger partial charge is 0.323 e. The highest BCUT2D eigenvalue weighted by molar-refractivity contribution is 7.12. The molecule has 0 atom stereocenters. The summed E-state index contributed by atoms with van der Waals surface area (Å²) in [6, 6.07) is 8.66. The summed E-state index contributed by atoms with van der Waals surface area (Å²) in [5.41, 5.74) is 2.07. The highest BCUT2D eigenvalue weighted by Gasteiger charge is 2.04. The van der Waals surface area contributed by atoms with Gasteiger partial charge in [-0.2, -0.15) is 0 Å². The van der Waals surface area contributed by atoms with Gasteiger partial charge in [0.15, 0.2) is 0 Å². The van der Waals surface area contributed by atoms with Gasteiger partial charge < -0.3 is 10.6 Å². The molecular formula is C12H9N5OS. The van der Waals surface area contributed by atoms with Gasteiger partial charge in [-0.05, 0) is 41.9 Å². The van der Waals surface area contributed by atoms with Crippen molar-refractivity contribution in [2.24, 2.45) is 0 Å². The number of fused-ring (bicyclic) bond motifs is 1. The monoisotopic (exact) mass is 271 g/mol. The minimum absolute atomic E-state index is 0.324. The van der Waals surface area contributed by atoms with Crippen molar-refractivity contribution in [3.63, 3.8) is 0 Å². The van der Waals surface area contributed by atoms with Crippen molar-refractivity contribution in [2.75, 3.05) is 10.6 Å². The predicted molar refractivity (Wildman–Crippen MR) is 74.3 cm³/mol. The average molecular weight is 271 g/mol. The van der Waals surface area contributed by atoms with E-state index < -0.39 is 0 Å². The maximum absolute atomic E-state index is 11.8. The lowest BCUT2D eigenvalue weighted by Crippen LogP contribution is -2.19. The van der Waals surface area contributed by atoms with Gasteiger partial charge in [0.25, 0.3) is 0 Å². The van der Waals surface area contributed by atoms with E-state index in [0.717, 1.165) is 10.2 Å². The molecule has 2 heterocycles. The molecule has 1 aromatic carbocycles. The lowest BCUT2D eigenvalue weighted by Gasteiger charge is -2.06. The van der Waals surface area contributed by atoms with Crippen molar-refractivity contribution in [1.29, 1.82) is 0 Å². The third kappa shape index (κ3) is 2.66. The van der Waals surface area contributed by atoms with E-state index in [9.17, 15) is 4.79 Å². The van der Waals surface area contributed by atoms with Crippen molar-refractivity contribution in [3.8, 4) is 0 Å². The zero-order valence-corrected chi connectivity index (χ0v) is 10.5. The van der Waals surface area contributed by atoms with Crippen LogP contribution in [-0.2, 0) is 0 Å². The number of carbonyl (C=O) groups excluding carboxylic acids is 1. The normalized spacial score (nSPS) is 10.3. The van der Waals surface area contributed by atoms with Crippen LogP contribution in [0.5, 0.6) is 0 Å². The first kappa shape index (κ1) is 11.5. The molecule has 0 aliphatic carbocycles. The smallest absolute Gasteiger partial charge is 0.308 e. The van der Waals surface area contributed by atoms with Crippen LogP contribution in [0.15, 0.2) is 42.7 Å². The van der Waals surface area contributed by atoms with Crippen LogP contribution in [0.25, 0.3) is 10.2 Å². The summed E-state index contributed by atoms with van der Waals surface area (Å²) >= 11 is 1.32. The molecule has 2 aromatic heterocycles. The lowest BCUT2D eigenvalue weighted by atomic mass is 10.3. The minimum atomic E-state index is -0.324. The van der Waals surface area contributed by atoms with Gasteiger partial charge in [-0.1, -0.05) is 4.49 Å². The molecule has 0 saturated heterocycles. The summed E-state index contributed by atoms with van der Waals surface area (Å²) in [6.45, 7) is 0. The summed E-state index contributed by atoms with van der Waals surface area (Å²) < 4.78 is 4.83. The number of hydrogen-bond acceptors (Lipinski definition) is 5. The average Bonchev–Trinajstić information content (AvgIpc) is 2.87. The molecule has 0 spiro atoms. The molecule has 2 N–H and O–H groups in total. The number of aromatic nitrogens is 3. The second-order valence-electron chi connectivity index (χ2n) is 3.78. The zero-order valence-electron chi connectivity index (χ0n) is 9.70. The summed E-state index contributed by atoms with van der Waals surface area (Å²) in [5.74, 6) is 0. The maximum Gasteiger partial charge on any atom is 0.323 e. The number of rotatable bonds is 2. The highest BCUT2D eigenvalue weighted by Crippen LogP contribution is 2.19. The Kier molecular flexibility index (Phi) is 3.03. The molecule has 94 valence electrons. The molecule has 19 heavy (non-hydrogen) atoms. The summed E-state index contributed by atoms with van der Waals surface area (Å²) in [7, 11) is 0. The van der Waals surface area contributed by atoms with Crippen molar-refractivity contribution in [3.05, 3.63) is 42.7 Å². The topological polar surface area (TPSA) is 79.8 Å². The van der Waals surface area contributed by atoms with E-state index in [1.54, 1.807) is 30.6 Å². The first-order chi connectivity index (χ1) is 9.31. The lowest BCUT2D eigenvalue weighted by molar-refractivity contribution is 0.262. The van der Waals surface area contributed by atoms with E-state index in [1.165, 1.54) is 11.5 Å². The molecule has 6 nitrogen and oxygen atoms in total. The Bertz CT molecular complexity index is 712. The standard InChI is InChI=1S/C12H9N5OS/c18-12(15-9-2-1-5-13-7-9)14-8-3-4-11-10(6-8)16-17-19-11/h1-7H,(H2,14,15,18). The van der Waals surface area contributed by atoms with Crippen molar-refractivity contribution < 1.29 is 4.79 Å². The van der Waals surface area contributed by atoms with Crippen molar-refractivity contribution in [2.45, 2.75) is 0 Å². The molecule has 0 unspecified atom stereocenters. The molecule has 0 saturated carbocycles. The predicted octanol–water partition coefficient (Wildman–Crippen LogP) is 2.73. The number of hydrogen-bond donors (Lipinski definition) is 2. The second kappa shape index (κ2) is 4.99. The fraction of sp³-hybridized carbons (Fsp3) is 0. The van der Waals surface area contributed by atoms with Crippen LogP contribution in [0.1, 0.15) is 0 Å². The number of anilines is 2. The quantitative estimate of drug-likeness (QED) is 0.751. The van der Waals surface area contributed by atoms with Crippen LogP contribution >= 0.6 is 11.5 Å². The van der Waals surface area contributed by atoms with Gasteiger partial charge in [0.2, 0.25) is 0 Å². The second-order valence-corrected chi connectivity index (χ2v) is 4.56. The molecule has 0 bridgehead atoms. The fourth-order valence-electron chi connectivity index (χ4n) is 1.59. The number of urea groups is 1. The molecule has 2 amide bonds. The Balaban J connectivity index is 1.72. The zero-order chi connectivity index (χ0) is 13.1. The number of nitrogens with zero attached hydrogens (tertiary/aromatic N) is 3. The summed E-state index contributed by atoms with van der Waals surface area (Å²) in [4.78, 5) is 15.7. The number of carbonyl (C=O) groups is 1. The van der Waals surface area contributed by atoms with Crippen LogP contribution in [0, 0.1) is 0 Å². The molecule has 0 radical (unpaired) electrons. The SMILES string of the molecule is O=C(Nc1cccnc1)Nc1ccc2snnc2c1. The third-order valence-electron chi connectivity index (χ3n) is 2.42. The minimum Gasteiger partial charge on any atom is -0.308 e. The van der Waals surface area contributed by atoms with Crippen LogP contribution in [0.3, 0.4) is 0 Å². The van der Waals surface area contributed by atoms with Crippen LogP contribution < -0.4 is 10.6 Å². The van der Waals surface area contributed by atoms with Crippen LogP contribution in [0.4, 0.5) is 16.2 Å². The highest BCUT2D eigenvalue weighted by atomic mass is 32.1. The molecule has 3 aromatic rings. The van der Waals surface area contributed by atoms with E-state index in [0.29, 0.717) is 11.4 Å². The number of amides is 2. The van der Waals surface area contributed by atoms with Gasteiger partial charge in [-0.15, -0.1) is 5.10 Å². The number of pyridine rings is 1. The van der Waals surface area contributed by atoms with Gasteiger partial charge in [0, 0.05) is 11.9 Å². The van der Waals surface area contributed by atoms with Crippen molar-refractivity contribution >= 4 is 39.2 Å². The van der Waals surface area contributed by atoms with Crippen molar-refractivity contribution in [1.82, 2.24) is 14.6 Å². The Morgan fingerprint density at radius 1 is 1.16 bits per heavy atom. The van der Waals surface area contributed by atoms with E-state index in [2.05, 4.69) is 25.2 Å². The van der Waals surface area contributed by atoms with Crippen LogP contribution in [-0.4, -0.2) is 20.6 Å². The summed E-state index contributed by atoms with van der Waals surface area (Å²) in [5, 5.41) is 9.38. The van der Waals surface area contributed by atoms with Gasteiger partial charge in [0.1, 0.15) is 5.52 Å². The Labute approximate surface area is 112 Å². The van der Waals surface area contributed by atoms with Gasteiger partial charge in [-0.3, -0.25) is 4.98 Å². The molecule has 3 rings (SSSR count).